The number of hydrogen-bond acceptors (Lipinski definition) is 3. The van der Waals surface area contributed by atoms with Crippen LogP contribution in [0, 0.1) is 0 Å². The molecule has 4 nitrogen and oxygen atoms in total. The summed E-state index contributed by atoms with van der Waals surface area (Å²) in [7, 11) is 0. The van der Waals surface area contributed by atoms with Crippen LogP contribution in [0.25, 0.3) is 0 Å². The van der Waals surface area contributed by atoms with Crippen molar-refractivity contribution in [3.63, 3.8) is 0 Å². The number of halogens is 1. The Hall–Kier alpha value is -1.29. The second kappa shape index (κ2) is 3.92. The summed E-state index contributed by atoms with van der Waals surface area (Å²) in [5.41, 5.74) is 0.0307. The van der Waals surface area contributed by atoms with Crippen LogP contribution < -0.4 is 0 Å². The van der Waals surface area contributed by atoms with Crippen molar-refractivity contribution >= 4 is 35.2 Å². The topological polar surface area (TPSA) is 58.9 Å². The molecule has 1 aliphatic rings. The van der Waals surface area contributed by atoms with Crippen LogP contribution in [-0.4, -0.2) is 29.5 Å². The van der Waals surface area contributed by atoms with E-state index < -0.39 is 5.91 Å². The number of carbonyl (C=O) groups is 2. The number of hydrogen-bond donors (Lipinski definition) is 0. The van der Waals surface area contributed by atoms with Gasteiger partial charge in [0.15, 0.2) is 0 Å². The van der Waals surface area contributed by atoms with Gasteiger partial charge in [-0.05, 0) is 0 Å². The predicted octanol–water partition coefficient (Wildman–Crippen LogP) is 0.360. The summed E-state index contributed by atoms with van der Waals surface area (Å²) < 4.78 is 0. The maximum atomic E-state index is 10.9. The second-order valence-corrected chi connectivity index (χ2v) is 2.25. The Kier molecular flexibility index (Phi) is 2.88. The summed E-state index contributed by atoms with van der Waals surface area (Å²) in [5.74, 6) is -1.10. The van der Waals surface area contributed by atoms with Crippen molar-refractivity contribution in [1.29, 1.82) is 0 Å². The van der Waals surface area contributed by atoms with Crippen molar-refractivity contribution in [3.8, 4) is 0 Å². The molecule has 0 unspecified atom stereocenters. The van der Waals surface area contributed by atoms with Crippen LogP contribution in [0.3, 0.4) is 0 Å². The molecule has 5 heteroatoms. The highest BCUT2D eigenvalue weighted by Crippen LogP contribution is 1.92. The van der Waals surface area contributed by atoms with Crippen molar-refractivity contribution in [2.45, 2.75) is 0 Å². The molecule has 0 atom stereocenters. The Labute approximate surface area is 73.7 Å². The Morgan fingerprint density at radius 2 is 2.42 bits per heavy atom. The lowest BCUT2D eigenvalue weighted by atomic mass is 10.2. The van der Waals surface area contributed by atoms with Crippen molar-refractivity contribution in [2.24, 2.45) is 9.98 Å². The minimum absolute atomic E-state index is 0.0307. The number of amides is 1. The van der Waals surface area contributed by atoms with Crippen LogP contribution in [0.15, 0.2) is 22.3 Å². The number of nitrogens with zero attached hydrogens (tertiary/aromatic N) is 2. The van der Waals surface area contributed by atoms with Crippen molar-refractivity contribution in [1.82, 2.24) is 0 Å². The number of alkyl halides is 1. The van der Waals surface area contributed by atoms with E-state index in [1.54, 1.807) is 0 Å². The third kappa shape index (κ3) is 2.10. The van der Waals surface area contributed by atoms with Crippen LogP contribution >= 0.6 is 11.6 Å². The van der Waals surface area contributed by atoms with Gasteiger partial charge in [-0.25, -0.2) is 4.99 Å². The molecule has 0 saturated heterocycles. The molecule has 1 rings (SSSR count). The lowest BCUT2D eigenvalue weighted by Gasteiger charge is -1.96. The Bertz CT molecular complexity index is 305. The summed E-state index contributed by atoms with van der Waals surface area (Å²) in [5, 5.41) is 0. The van der Waals surface area contributed by atoms with Crippen LogP contribution in [0.4, 0.5) is 0 Å². The van der Waals surface area contributed by atoms with Gasteiger partial charge < -0.3 is 0 Å². The summed E-state index contributed by atoms with van der Waals surface area (Å²) >= 11 is 5.19. The minimum atomic E-state index is -0.540. The van der Waals surface area contributed by atoms with Gasteiger partial charge in [-0.2, -0.15) is 0 Å². The summed E-state index contributed by atoms with van der Waals surface area (Å²) in [4.78, 5) is 28.7. The van der Waals surface area contributed by atoms with Gasteiger partial charge in [0.2, 0.25) is 5.78 Å². The van der Waals surface area contributed by atoms with E-state index in [2.05, 4.69) is 9.98 Å². The Balaban J connectivity index is 2.82. The quantitative estimate of drug-likeness (QED) is 0.553. The number of ketones is 1. The molecule has 0 spiro atoms. The van der Waals surface area contributed by atoms with E-state index in [9.17, 15) is 9.59 Å². The molecule has 0 saturated carbocycles. The highest BCUT2D eigenvalue weighted by atomic mass is 35.5. The third-order valence-electron chi connectivity index (χ3n) is 1.12. The van der Waals surface area contributed by atoms with E-state index in [1.165, 1.54) is 18.5 Å². The number of carbonyl (C=O) groups excluding carboxylic acids is 2. The van der Waals surface area contributed by atoms with E-state index >= 15 is 0 Å². The number of rotatable bonds is 1. The van der Waals surface area contributed by atoms with Gasteiger partial charge >= 0.3 is 0 Å². The molecule has 1 aliphatic heterocycles. The lowest BCUT2D eigenvalue weighted by molar-refractivity contribution is -0.116. The molecule has 0 radical (unpaired) electrons. The SMILES string of the molecule is O=C(CCl)N=C1C=NC=CC1=O. The van der Waals surface area contributed by atoms with E-state index in [-0.39, 0.29) is 17.4 Å². The molecule has 1 amide bonds. The first-order valence-electron chi connectivity index (χ1n) is 3.15. The standard InChI is InChI=1S/C7H5ClN2O2/c8-3-7(12)10-5-4-9-2-1-6(5)11/h1-2,4H,3H2. The summed E-state index contributed by atoms with van der Waals surface area (Å²) in [6.07, 6.45) is 3.81. The normalized spacial score (nSPS) is 18.8. The molecule has 0 aromatic carbocycles. The molecule has 0 aromatic rings. The summed E-state index contributed by atoms with van der Waals surface area (Å²) in [6.45, 7) is 0. The predicted molar refractivity (Wildman–Crippen MR) is 45.8 cm³/mol. The monoisotopic (exact) mass is 184 g/mol. The Morgan fingerprint density at radius 1 is 1.67 bits per heavy atom. The van der Waals surface area contributed by atoms with Crippen molar-refractivity contribution < 1.29 is 9.59 Å². The second-order valence-electron chi connectivity index (χ2n) is 1.98. The van der Waals surface area contributed by atoms with Gasteiger partial charge in [0.05, 0.1) is 6.21 Å². The van der Waals surface area contributed by atoms with E-state index in [1.807, 2.05) is 0 Å². The molecule has 12 heavy (non-hydrogen) atoms. The van der Waals surface area contributed by atoms with Crippen LogP contribution in [0.2, 0.25) is 0 Å². The van der Waals surface area contributed by atoms with E-state index in [0.29, 0.717) is 0 Å². The molecular weight excluding hydrogens is 180 g/mol. The van der Waals surface area contributed by atoms with Gasteiger partial charge in [0, 0.05) is 12.3 Å². The molecule has 62 valence electrons. The first-order valence-corrected chi connectivity index (χ1v) is 3.69. The van der Waals surface area contributed by atoms with Gasteiger partial charge in [0.1, 0.15) is 11.6 Å². The van der Waals surface area contributed by atoms with Gasteiger partial charge in [-0.1, -0.05) is 0 Å². The zero-order valence-electron chi connectivity index (χ0n) is 6.03. The van der Waals surface area contributed by atoms with Crippen LogP contribution in [-0.2, 0) is 9.59 Å². The fraction of sp³-hybridized carbons (Fsp3) is 0.143. The minimum Gasteiger partial charge on any atom is -0.287 e. The smallest absolute Gasteiger partial charge is 0.261 e. The van der Waals surface area contributed by atoms with Gasteiger partial charge in [-0.15, -0.1) is 11.6 Å². The third-order valence-corrected chi connectivity index (χ3v) is 1.35. The van der Waals surface area contributed by atoms with E-state index in [0.717, 1.165) is 0 Å². The first kappa shape index (κ1) is 8.80. The molecule has 0 aliphatic carbocycles. The van der Waals surface area contributed by atoms with Gasteiger partial charge in [-0.3, -0.25) is 14.6 Å². The molecule has 0 aromatic heterocycles. The molecule has 0 bridgehead atoms. The maximum Gasteiger partial charge on any atom is 0.261 e. The maximum absolute atomic E-state index is 10.9. The largest absolute Gasteiger partial charge is 0.287 e. The average Bonchev–Trinajstić information content (AvgIpc) is 2.09. The van der Waals surface area contributed by atoms with Crippen LogP contribution in [0.5, 0.6) is 0 Å². The fourth-order valence-electron chi connectivity index (χ4n) is 0.622. The van der Waals surface area contributed by atoms with E-state index in [4.69, 9.17) is 11.6 Å². The molecular formula is C7H5ClN2O2. The zero-order chi connectivity index (χ0) is 8.97. The van der Waals surface area contributed by atoms with Crippen LogP contribution in [0.1, 0.15) is 0 Å². The highest BCUT2D eigenvalue weighted by molar-refractivity contribution is 6.65. The fourth-order valence-corrected chi connectivity index (χ4v) is 0.681. The van der Waals surface area contributed by atoms with Gasteiger partial charge in [0.25, 0.3) is 5.91 Å². The highest BCUT2D eigenvalue weighted by Gasteiger charge is 2.09. The molecule has 1 heterocycles. The van der Waals surface area contributed by atoms with Crippen molar-refractivity contribution in [2.75, 3.05) is 5.88 Å². The Morgan fingerprint density at radius 3 is 3.00 bits per heavy atom. The summed E-state index contributed by atoms with van der Waals surface area (Å²) in [6, 6.07) is 0. The number of allylic oxidation sites excluding steroid dienone is 1. The molecule has 0 N–H and O–H groups in total. The lowest BCUT2D eigenvalue weighted by Crippen LogP contribution is -2.17. The molecule has 0 fully saturated rings. The zero-order valence-corrected chi connectivity index (χ0v) is 6.78. The van der Waals surface area contributed by atoms with Crippen molar-refractivity contribution in [3.05, 3.63) is 12.3 Å². The average molecular weight is 185 g/mol. The first-order chi connectivity index (χ1) is 5.74. The number of aliphatic imine (C=N–C) groups is 2.